The second kappa shape index (κ2) is 3.98. The highest BCUT2D eigenvalue weighted by Gasteiger charge is 2.14. The zero-order valence-electron chi connectivity index (χ0n) is 8.04. The molecule has 13 heavy (non-hydrogen) atoms. The Morgan fingerprint density at radius 3 is 2.69 bits per heavy atom. The number of nitrogen functional groups attached to an aromatic ring is 1. The van der Waals surface area contributed by atoms with Crippen LogP contribution in [0.15, 0.2) is 0 Å². The first-order valence-electron chi connectivity index (χ1n) is 4.07. The lowest BCUT2D eigenvalue weighted by Gasteiger charge is -2.12. The summed E-state index contributed by atoms with van der Waals surface area (Å²) in [5.41, 5.74) is 6.50. The lowest BCUT2D eigenvalue weighted by Crippen LogP contribution is -2.14. The lowest BCUT2D eigenvalue weighted by molar-refractivity contribution is 0.158. The first-order chi connectivity index (χ1) is 6.07. The van der Waals surface area contributed by atoms with Crippen LogP contribution in [0.1, 0.15) is 18.7 Å². The molecule has 0 amide bonds. The summed E-state index contributed by atoms with van der Waals surface area (Å²) in [6.07, 6.45) is 0. The van der Waals surface area contributed by atoms with Gasteiger partial charge in [0.05, 0.1) is 18.3 Å². The van der Waals surface area contributed by atoms with Gasteiger partial charge in [-0.3, -0.25) is 0 Å². The zero-order valence-corrected chi connectivity index (χ0v) is 8.80. The number of anilines is 1. The molecule has 0 aromatic carbocycles. The molecule has 2 N–H and O–H groups in total. The van der Waals surface area contributed by atoms with Crippen LogP contribution in [0.5, 0.6) is 0 Å². The molecule has 1 rings (SSSR count). The summed E-state index contributed by atoms with van der Waals surface area (Å²) in [6, 6.07) is 0.108. The van der Waals surface area contributed by atoms with Crippen LogP contribution in [-0.4, -0.2) is 23.5 Å². The van der Waals surface area contributed by atoms with E-state index >= 15 is 0 Å². The van der Waals surface area contributed by atoms with Crippen molar-refractivity contribution in [3.05, 3.63) is 10.7 Å². The molecule has 0 bridgehead atoms. The molecule has 0 fully saturated rings. The van der Waals surface area contributed by atoms with Gasteiger partial charge in [-0.15, -0.1) is 0 Å². The van der Waals surface area contributed by atoms with Gasteiger partial charge < -0.3 is 10.5 Å². The van der Waals surface area contributed by atoms with Crippen molar-refractivity contribution in [3.63, 3.8) is 0 Å². The Balaban J connectivity index is 2.94. The average molecular weight is 204 g/mol. The highest BCUT2D eigenvalue weighted by atomic mass is 35.5. The molecule has 0 saturated heterocycles. The monoisotopic (exact) mass is 203 g/mol. The highest BCUT2D eigenvalue weighted by Crippen LogP contribution is 2.24. The number of ether oxygens (including phenoxy) is 1. The van der Waals surface area contributed by atoms with Crippen LogP contribution in [0, 0.1) is 6.92 Å². The number of aryl methyl sites for hydroxylation is 1. The van der Waals surface area contributed by atoms with Gasteiger partial charge in [-0.1, -0.05) is 11.6 Å². The number of halogens is 1. The van der Waals surface area contributed by atoms with Crippen LogP contribution in [-0.2, 0) is 4.74 Å². The highest BCUT2D eigenvalue weighted by molar-refractivity contribution is 6.33. The van der Waals surface area contributed by atoms with Crippen molar-refractivity contribution in [2.45, 2.75) is 19.9 Å². The van der Waals surface area contributed by atoms with Gasteiger partial charge in [-0.05, 0) is 13.8 Å². The van der Waals surface area contributed by atoms with Gasteiger partial charge in [-0.2, -0.15) is 5.10 Å². The normalized spacial score (nSPS) is 13.2. The molecule has 0 aliphatic rings. The van der Waals surface area contributed by atoms with Crippen molar-refractivity contribution in [2.24, 2.45) is 0 Å². The van der Waals surface area contributed by atoms with E-state index in [1.54, 1.807) is 11.8 Å². The van der Waals surface area contributed by atoms with E-state index < -0.39 is 0 Å². The molecular weight excluding hydrogens is 190 g/mol. The molecule has 4 nitrogen and oxygen atoms in total. The summed E-state index contributed by atoms with van der Waals surface area (Å²) in [6.45, 7) is 4.37. The van der Waals surface area contributed by atoms with Crippen LogP contribution in [0.2, 0.25) is 5.02 Å². The molecule has 74 valence electrons. The van der Waals surface area contributed by atoms with Gasteiger partial charge in [-0.25, -0.2) is 4.68 Å². The van der Waals surface area contributed by atoms with Crippen molar-refractivity contribution >= 4 is 17.4 Å². The number of hydrogen-bond donors (Lipinski definition) is 1. The number of methoxy groups -OCH3 is 1. The number of hydrogen-bond acceptors (Lipinski definition) is 3. The van der Waals surface area contributed by atoms with E-state index in [0.717, 1.165) is 5.69 Å². The topological polar surface area (TPSA) is 53.1 Å². The van der Waals surface area contributed by atoms with Crippen molar-refractivity contribution in [2.75, 3.05) is 19.5 Å². The van der Waals surface area contributed by atoms with E-state index in [2.05, 4.69) is 5.10 Å². The second-order valence-electron chi connectivity index (χ2n) is 3.03. The second-order valence-corrected chi connectivity index (χ2v) is 3.41. The minimum Gasteiger partial charge on any atom is -0.383 e. The summed E-state index contributed by atoms with van der Waals surface area (Å²) < 4.78 is 6.68. The number of nitrogens with zero attached hydrogens (tertiary/aromatic N) is 2. The van der Waals surface area contributed by atoms with E-state index in [1.165, 1.54) is 0 Å². The quantitative estimate of drug-likeness (QED) is 0.813. The van der Waals surface area contributed by atoms with E-state index in [4.69, 9.17) is 22.1 Å². The maximum absolute atomic E-state index is 5.89. The Morgan fingerprint density at radius 2 is 2.31 bits per heavy atom. The Morgan fingerprint density at radius 1 is 1.69 bits per heavy atom. The minimum absolute atomic E-state index is 0.108. The first-order valence-corrected chi connectivity index (χ1v) is 4.44. The predicted molar refractivity (Wildman–Crippen MR) is 53.0 cm³/mol. The van der Waals surface area contributed by atoms with Crippen LogP contribution in [0.4, 0.5) is 5.82 Å². The van der Waals surface area contributed by atoms with Crippen LogP contribution in [0.3, 0.4) is 0 Å². The van der Waals surface area contributed by atoms with Gasteiger partial charge in [0.25, 0.3) is 0 Å². The molecule has 0 saturated carbocycles. The summed E-state index contributed by atoms with van der Waals surface area (Å²) in [5, 5.41) is 4.74. The van der Waals surface area contributed by atoms with Crippen LogP contribution >= 0.6 is 11.6 Å². The number of aromatic nitrogens is 2. The van der Waals surface area contributed by atoms with Crippen molar-refractivity contribution < 1.29 is 4.74 Å². The maximum Gasteiger partial charge on any atom is 0.141 e. The van der Waals surface area contributed by atoms with Gasteiger partial charge in [0, 0.05) is 7.11 Å². The van der Waals surface area contributed by atoms with Crippen molar-refractivity contribution in [1.29, 1.82) is 0 Å². The van der Waals surface area contributed by atoms with Gasteiger partial charge in [0.2, 0.25) is 0 Å². The molecule has 5 heteroatoms. The molecule has 1 aromatic rings. The molecule has 1 heterocycles. The molecule has 0 aliphatic heterocycles. The Labute approximate surface area is 82.6 Å². The maximum atomic E-state index is 5.89. The molecule has 0 spiro atoms. The van der Waals surface area contributed by atoms with Crippen LogP contribution < -0.4 is 5.73 Å². The summed E-state index contributed by atoms with van der Waals surface area (Å²) in [4.78, 5) is 0. The van der Waals surface area contributed by atoms with E-state index in [9.17, 15) is 0 Å². The van der Waals surface area contributed by atoms with E-state index in [-0.39, 0.29) is 6.04 Å². The molecule has 1 aromatic heterocycles. The van der Waals surface area contributed by atoms with E-state index in [1.807, 2.05) is 13.8 Å². The summed E-state index contributed by atoms with van der Waals surface area (Å²) in [5.74, 6) is 0.503. The third-order valence-electron chi connectivity index (χ3n) is 1.87. The molecular formula is C8H14ClN3O. The number of nitrogens with two attached hydrogens (primary N) is 1. The van der Waals surface area contributed by atoms with Gasteiger partial charge >= 0.3 is 0 Å². The lowest BCUT2D eigenvalue weighted by atomic mass is 10.4. The third kappa shape index (κ3) is 1.95. The fourth-order valence-corrected chi connectivity index (χ4v) is 1.32. The predicted octanol–water partition coefficient (Wildman–Crippen LogP) is 1.63. The Kier molecular flexibility index (Phi) is 3.17. The van der Waals surface area contributed by atoms with Crippen LogP contribution in [0.25, 0.3) is 0 Å². The van der Waals surface area contributed by atoms with Gasteiger partial charge in [0.1, 0.15) is 10.8 Å². The Hall–Kier alpha value is -0.740. The van der Waals surface area contributed by atoms with Gasteiger partial charge in [0.15, 0.2) is 0 Å². The fraction of sp³-hybridized carbons (Fsp3) is 0.625. The van der Waals surface area contributed by atoms with Crippen molar-refractivity contribution in [3.8, 4) is 0 Å². The first kappa shape index (κ1) is 10.3. The molecule has 0 radical (unpaired) electrons. The third-order valence-corrected chi connectivity index (χ3v) is 2.34. The fourth-order valence-electron chi connectivity index (χ4n) is 1.19. The number of rotatable bonds is 3. The smallest absolute Gasteiger partial charge is 0.141 e. The molecule has 1 unspecified atom stereocenters. The Bertz CT molecular complexity index is 298. The largest absolute Gasteiger partial charge is 0.383 e. The summed E-state index contributed by atoms with van der Waals surface area (Å²) in [7, 11) is 1.64. The molecule has 0 aliphatic carbocycles. The van der Waals surface area contributed by atoms with Crippen molar-refractivity contribution in [1.82, 2.24) is 9.78 Å². The SMILES string of the molecule is COCC(C)n1nc(C)c(Cl)c1N. The average Bonchev–Trinajstić information content (AvgIpc) is 2.33. The zero-order chi connectivity index (χ0) is 10.0. The minimum atomic E-state index is 0.108. The van der Waals surface area contributed by atoms with E-state index in [0.29, 0.717) is 17.4 Å². The summed E-state index contributed by atoms with van der Waals surface area (Å²) >= 11 is 5.89. The standard InChI is InChI=1S/C8H14ClN3O/c1-5(4-13-3)12-8(10)7(9)6(2)11-12/h5H,4,10H2,1-3H3. The molecule has 1 atom stereocenters.